The number of amides is 2. The summed E-state index contributed by atoms with van der Waals surface area (Å²) in [6.45, 7) is 2.40. The summed E-state index contributed by atoms with van der Waals surface area (Å²) in [5.74, 6) is -3.48. The van der Waals surface area contributed by atoms with Crippen LogP contribution >= 0.6 is 11.6 Å². The highest BCUT2D eigenvalue weighted by molar-refractivity contribution is 6.32. The molecule has 2 heterocycles. The molecular weight excluding hydrogens is 448 g/mol. The molecule has 30 heavy (non-hydrogen) atoms. The zero-order valence-electron chi connectivity index (χ0n) is 15.4. The number of aryl methyl sites for hydroxylation is 1. The van der Waals surface area contributed by atoms with E-state index in [2.05, 4.69) is 15.0 Å². The van der Waals surface area contributed by atoms with Crippen molar-refractivity contribution in [2.45, 2.75) is 38.2 Å². The number of likely N-dealkylation sites (tertiary alicyclic amines) is 1. The Balaban J connectivity index is 2.12. The molecule has 1 atom stereocenters. The van der Waals surface area contributed by atoms with Gasteiger partial charge in [0.15, 0.2) is 0 Å². The lowest BCUT2D eigenvalue weighted by molar-refractivity contribution is -0.193. The molecular formula is C16H14ClF6N3O4. The van der Waals surface area contributed by atoms with Gasteiger partial charge in [0.05, 0.1) is 11.1 Å². The Morgan fingerprint density at radius 2 is 1.83 bits per heavy atom. The predicted molar refractivity (Wildman–Crippen MR) is 88.6 cm³/mol. The third-order valence-electron chi connectivity index (χ3n) is 4.26. The average Bonchev–Trinajstić information content (AvgIpc) is 2.93. The molecule has 0 aromatic carbocycles. The zero-order valence-corrected chi connectivity index (χ0v) is 16.1. The number of pyridine rings is 1. The molecule has 2 rings (SSSR count). The Labute approximate surface area is 170 Å². The maximum Gasteiger partial charge on any atom is 0.491 e. The van der Waals surface area contributed by atoms with Crippen LogP contribution < -0.4 is 5.32 Å². The second-order valence-electron chi connectivity index (χ2n) is 6.83. The molecule has 0 aliphatic carbocycles. The van der Waals surface area contributed by atoms with Crippen molar-refractivity contribution in [3.05, 3.63) is 28.0 Å². The molecule has 0 bridgehead atoms. The maximum absolute atomic E-state index is 12.8. The fraction of sp³-hybridized carbons (Fsp3) is 0.500. The van der Waals surface area contributed by atoms with Crippen LogP contribution in [0.5, 0.6) is 0 Å². The third-order valence-corrected chi connectivity index (χ3v) is 4.53. The van der Waals surface area contributed by atoms with Crippen molar-refractivity contribution in [1.29, 1.82) is 0 Å². The summed E-state index contributed by atoms with van der Waals surface area (Å²) >= 11 is 5.78. The van der Waals surface area contributed by atoms with Gasteiger partial charge in [-0.25, -0.2) is 14.6 Å². The molecule has 1 unspecified atom stereocenters. The van der Waals surface area contributed by atoms with Gasteiger partial charge in [-0.2, -0.15) is 26.3 Å². The van der Waals surface area contributed by atoms with Gasteiger partial charge < -0.3 is 15.0 Å². The number of esters is 1. The van der Waals surface area contributed by atoms with Crippen molar-refractivity contribution in [1.82, 2.24) is 15.2 Å². The van der Waals surface area contributed by atoms with Gasteiger partial charge in [0.2, 0.25) is 0 Å². The van der Waals surface area contributed by atoms with Crippen LogP contribution in [0.4, 0.5) is 31.1 Å². The minimum atomic E-state index is -5.36. The number of alkyl halides is 6. The number of halogens is 7. The van der Waals surface area contributed by atoms with E-state index in [0.717, 1.165) is 4.90 Å². The van der Waals surface area contributed by atoms with Gasteiger partial charge in [-0.3, -0.25) is 4.79 Å². The molecule has 1 aliphatic rings. The Kier molecular flexibility index (Phi) is 6.27. The van der Waals surface area contributed by atoms with E-state index in [-0.39, 0.29) is 30.6 Å². The Hall–Kier alpha value is -2.57. The topological polar surface area (TPSA) is 88.6 Å². The Morgan fingerprint density at radius 3 is 2.33 bits per heavy atom. The molecule has 1 aromatic rings. The molecule has 0 radical (unpaired) electrons. The molecule has 1 fully saturated rings. The average molecular weight is 462 g/mol. The van der Waals surface area contributed by atoms with Gasteiger partial charge in [-0.1, -0.05) is 11.6 Å². The van der Waals surface area contributed by atoms with Crippen LogP contribution in [0.1, 0.15) is 35.0 Å². The number of rotatable bonds is 2. The van der Waals surface area contributed by atoms with Crippen LogP contribution in [-0.4, -0.2) is 52.7 Å². The second kappa shape index (κ2) is 7.93. The Morgan fingerprint density at radius 1 is 1.23 bits per heavy atom. The highest BCUT2D eigenvalue weighted by atomic mass is 35.5. The molecule has 0 spiro atoms. The van der Waals surface area contributed by atoms with Gasteiger partial charge in [-0.15, -0.1) is 0 Å². The normalized spacial score (nSPS) is 19.6. The number of nitrogens with one attached hydrogen (secondary N) is 1. The lowest BCUT2D eigenvalue weighted by Crippen LogP contribution is -2.50. The van der Waals surface area contributed by atoms with Crippen molar-refractivity contribution in [3.8, 4) is 0 Å². The molecule has 1 saturated heterocycles. The lowest BCUT2D eigenvalue weighted by atomic mass is 10.0. The molecule has 166 valence electrons. The first-order valence-corrected chi connectivity index (χ1v) is 8.56. The minimum Gasteiger partial charge on any atom is -0.369 e. The van der Waals surface area contributed by atoms with Crippen LogP contribution in [0.25, 0.3) is 0 Å². The van der Waals surface area contributed by atoms with E-state index in [1.165, 1.54) is 13.8 Å². The maximum atomic E-state index is 12.8. The SMILES string of the molecule is Cc1cc(C(F)(F)F)nc(Cl)c1C(=O)N1CCC(C)(NC(=O)OC(=O)C(F)(F)F)C1. The van der Waals surface area contributed by atoms with Crippen LogP contribution in [0.2, 0.25) is 5.15 Å². The summed E-state index contributed by atoms with van der Waals surface area (Å²) in [5.41, 5.74) is -2.88. The number of hydrogen-bond donors (Lipinski definition) is 1. The highest BCUT2D eigenvalue weighted by Gasteiger charge is 2.44. The first kappa shape index (κ1) is 23.7. The largest absolute Gasteiger partial charge is 0.491 e. The first-order valence-electron chi connectivity index (χ1n) is 8.18. The van der Waals surface area contributed by atoms with Gasteiger partial charge in [0, 0.05) is 13.1 Å². The first-order chi connectivity index (χ1) is 13.5. The van der Waals surface area contributed by atoms with E-state index in [4.69, 9.17) is 11.6 Å². The minimum absolute atomic E-state index is 0.000375. The number of carbonyl (C=O) groups is 3. The van der Waals surface area contributed by atoms with Gasteiger partial charge in [0.1, 0.15) is 10.8 Å². The smallest absolute Gasteiger partial charge is 0.369 e. The zero-order chi connectivity index (χ0) is 23.1. The van der Waals surface area contributed by atoms with Gasteiger partial charge in [-0.05, 0) is 31.9 Å². The van der Waals surface area contributed by atoms with Gasteiger partial charge >= 0.3 is 24.4 Å². The molecule has 1 aromatic heterocycles. The van der Waals surface area contributed by atoms with Crippen molar-refractivity contribution >= 4 is 29.6 Å². The predicted octanol–water partition coefficient (Wildman–Crippen LogP) is 3.48. The number of nitrogens with zero attached hydrogens (tertiary/aromatic N) is 2. The molecule has 7 nitrogen and oxygen atoms in total. The summed E-state index contributed by atoms with van der Waals surface area (Å²) in [5, 5.41) is 1.42. The van der Waals surface area contributed by atoms with Crippen molar-refractivity contribution in [2.24, 2.45) is 0 Å². The van der Waals surface area contributed by atoms with Crippen LogP contribution in [0.15, 0.2) is 6.07 Å². The fourth-order valence-corrected chi connectivity index (χ4v) is 3.17. The summed E-state index contributed by atoms with van der Waals surface area (Å²) in [6.07, 6.45) is -11.7. The van der Waals surface area contributed by atoms with E-state index in [1.807, 2.05) is 0 Å². The second-order valence-corrected chi connectivity index (χ2v) is 7.18. The molecule has 1 aliphatic heterocycles. The summed E-state index contributed by atoms with van der Waals surface area (Å²) in [4.78, 5) is 39.3. The lowest BCUT2D eigenvalue weighted by Gasteiger charge is -2.26. The number of alkyl carbamates (subject to hydrolysis) is 1. The summed E-state index contributed by atoms with van der Waals surface area (Å²) < 4.78 is 78.5. The standard InChI is InChI=1S/C16H14ClF6N3O4/c1-7-5-8(15(18,19)20)24-10(17)9(7)11(27)26-4-3-14(2,6-26)25-13(29)30-12(28)16(21,22)23/h5H,3-4,6H2,1-2H3,(H,25,29). The van der Waals surface area contributed by atoms with Crippen LogP contribution in [-0.2, 0) is 15.7 Å². The quantitative estimate of drug-likeness (QED) is 0.315. The van der Waals surface area contributed by atoms with Crippen molar-refractivity contribution < 1.29 is 45.5 Å². The van der Waals surface area contributed by atoms with Crippen molar-refractivity contribution in [3.63, 3.8) is 0 Å². The summed E-state index contributed by atoms with van der Waals surface area (Å²) in [6, 6.07) is 0.659. The molecule has 14 heteroatoms. The monoisotopic (exact) mass is 461 g/mol. The molecule has 2 amide bonds. The number of hydrogen-bond acceptors (Lipinski definition) is 5. The third kappa shape index (κ3) is 5.32. The highest BCUT2D eigenvalue weighted by Crippen LogP contribution is 2.32. The van der Waals surface area contributed by atoms with E-state index >= 15 is 0 Å². The number of ether oxygens (including phenoxy) is 1. The summed E-state index contributed by atoms with van der Waals surface area (Å²) in [7, 11) is 0. The van der Waals surface area contributed by atoms with Gasteiger partial charge in [0.25, 0.3) is 5.91 Å². The molecule has 1 N–H and O–H groups in total. The molecule has 0 saturated carbocycles. The van der Waals surface area contributed by atoms with Crippen molar-refractivity contribution in [2.75, 3.05) is 13.1 Å². The number of carbonyl (C=O) groups excluding carboxylic acids is 3. The van der Waals surface area contributed by atoms with E-state index in [1.54, 1.807) is 0 Å². The van der Waals surface area contributed by atoms with E-state index < -0.39 is 46.7 Å². The van der Waals surface area contributed by atoms with E-state index in [0.29, 0.717) is 6.07 Å². The van der Waals surface area contributed by atoms with Crippen LogP contribution in [0.3, 0.4) is 0 Å². The fourth-order valence-electron chi connectivity index (χ4n) is 2.84. The Bertz CT molecular complexity index is 866. The number of aromatic nitrogens is 1. The van der Waals surface area contributed by atoms with Crippen LogP contribution in [0, 0.1) is 6.92 Å². The van der Waals surface area contributed by atoms with E-state index in [9.17, 15) is 40.7 Å².